The SMILES string of the molecule is CCCCCN1C(=O)C(O)=C(C(=O)c2cccs2)C1c1ccccc1F. The number of nitrogens with zero attached hydrogens (tertiary/aromatic N) is 1. The van der Waals surface area contributed by atoms with E-state index in [1.165, 1.54) is 22.3 Å². The van der Waals surface area contributed by atoms with Crippen molar-refractivity contribution in [1.29, 1.82) is 0 Å². The van der Waals surface area contributed by atoms with E-state index in [-0.39, 0.29) is 11.1 Å². The van der Waals surface area contributed by atoms with Crippen LogP contribution >= 0.6 is 11.3 Å². The van der Waals surface area contributed by atoms with E-state index in [0.717, 1.165) is 19.3 Å². The summed E-state index contributed by atoms with van der Waals surface area (Å²) in [5.41, 5.74) is 0.181. The number of hydrogen-bond acceptors (Lipinski definition) is 4. The van der Waals surface area contributed by atoms with Crippen molar-refractivity contribution in [3.8, 4) is 0 Å². The number of benzene rings is 1. The summed E-state index contributed by atoms with van der Waals surface area (Å²) in [5.74, 6) is -2.13. The van der Waals surface area contributed by atoms with Gasteiger partial charge in [0.05, 0.1) is 16.5 Å². The van der Waals surface area contributed by atoms with Crippen molar-refractivity contribution >= 4 is 23.0 Å². The first-order valence-corrected chi connectivity index (χ1v) is 9.51. The molecule has 6 heteroatoms. The molecule has 0 radical (unpaired) electrons. The number of Topliss-reactive ketones (excluding diaryl/α,β-unsaturated/α-hetero) is 1. The number of rotatable bonds is 7. The van der Waals surface area contributed by atoms with E-state index in [4.69, 9.17) is 0 Å². The van der Waals surface area contributed by atoms with E-state index in [0.29, 0.717) is 11.4 Å². The molecule has 0 spiro atoms. The highest BCUT2D eigenvalue weighted by atomic mass is 32.1. The molecular formula is C20H20FNO3S. The van der Waals surface area contributed by atoms with Gasteiger partial charge in [-0.2, -0.15) is 0 Å². The summed E-state index contributed by atoms with van der Waals surface area (Å²) >= 11 is 1.23. The number of aliphatic hydroxyl groups excluding tert-OH is 1. The lowest BCUT2D eigenvalue weighted by Gasteiger charge is -2.27. The molecule has 0 fully saturated rings. The molecule has 1 atom stereocenters. The van der Waals surface area contributed by atoms with Crippen LogP contribution in [0.3, 0.4) is 0 Å². The Labute approximate surface area is 155 Å². The summed E-state index contributed by atoms with van der Waals surface area (Å²) in [4.78, 5) is 27.4. The molecule has 1 aliphatic heterocycles. The van der Waals surface area contributed by atoms with Crippen molar-refractivity contribution in [3.63, 3.8) is 0 Å². The fraction of sp³-hybridized carbons (Fsp3) is 0.300. The summed E-state index contributed by atoms with van der Waals surface area (Å²) in [6, 6.07) is 8.53. The van der Waals surface area contributed by atoms with Gasteiger partial charge in [-0.15, -0.1) is 11.3 Å². The lowest BCUT2D eigenvalue weighted by molar-refractivity contribution is -0.129. The van der Waals surface area contributed by atoms with Crippen molar-refractivity contribution in [2.75, 3.05) is 6.54 Å². The van der Waals surface area contributed by atoms with Gasteiger partial charge in [-0.3, -0.25) is 9.59 Å². The van der Waals surface area contributed by atoms with E-state index >= 15 is 0 Å². The molecule has 1 aliphatic rings. The molecule has 4 nitrogen and oxygen atoms in total. The van der Waals surface area contributed by atoms with Crippen molar-refractivity contribution in [2.45, 2.75) is 32.2 Å². The zero-order valence-corrected chi connectivity index (χ0v) is 15.3. The third kappa shape index (κ3) is 3.29. The minimum atomic E-state index is -0.907. The van der Waals surface area contributed by atoms with Crippen LogP contribution < -0.4 is 0 Å². The van der Waals surface area contributed by atoms with Crippen LogP contribution in [-0.4, -0.2) is 28.2 Å². The van der Waals surface area contributed by atoms with Crippen LogP contribution in [0.1, 0.15) is 47.5 Å². The second-order valence-electron chi connectivity index (χ2n) is 6.20. The molecule has 1 aromatic carbocycles. The van der Waals surface area contributed by atoms with Crippen molar-refractivity contribution < 1.29 is 19.1 Å². The van der Waals surface area contributed by atoms with Crippen LogP contribution in [0.15, 0.2) is 53.1 Å². The average Bonchev–Trinajstić information content (AvgIpc) is 3.25. The molecule has 0 saturated carbocycles. The first-order valence-electron chi connectivity index (χ1n) is 8.63. The molecule has 1 amide bonds. The molecule has 1 N–H and O–H groups in total. The van der Waals surface area contributed by atoms with E-state index in [1.54, 1.807) is 35.7 Å². The molecule has 0 aliphatic carbocycles. The van der Waals surface area contributed by atoms with Gasteiger partial charge in [0.1, 0.15) is 5.82 Å². The summed E-state index contributed by atoms with van der Waals surface area (Å²) < 4.78 is 14.5. The Morgan fingerprint density at radius 1 is 1.23 bits per heavy atom. The number of carbonyl (C=O) groups is 2. The van der Waals surface area contributed by atoms with Gasteiger partial charge < -0.3 is 10.0 Å². The largest absolute Gasteiger partial charge is 0.503 e. The van der Waals surface area contributed by atoms with Crippen LogP contribution in [0.2, 0.25) is 0 Å². The van der Waals surface area contributed by atoms with Gasteiger partial charge in [-0.1, -0.05) is 44.0 Å². The Balaban J connectivity index is 2.05. The third-order valence-corrected chi connectivity index (χ3v) is 5.36. The van der Waals surface area contributed by atoms with Crippen LogP contribution in [-0.2, 0) is 4.79 Å². The van der Waals surface area contributed by atoms with Crippen molar-refractivity contribution in [2.24, 2.45) is 0 Å². The second-order valence-corrected chi connectivity index (χ2v) is 7.15. The molecular weight excluding hydrogens is 353 g/mol. The predicted molar refractivity (Wildman–Crippen MR) is 98.7 cm³/mol. The van der Waals surface area contributed by atoms with Gasteiger partial charge in [0.25, 0.3) is 5.91 Å². The van der Waals surface area contributed by atoms with E-state index in [9.17, 15) is 19.1 Å². The van der Waals surface area contributed by atoms with Gasteiger partial charge >= 0.3 is 0 Å². The third-order valence-electron chi connectivity index (χ3n) is 4.50. The number of thiophene rings is 1. The molecule has 1 aromatic heterocycles. The Morgan fingerprint density at radius 3 is 2.65 bits per heavy atom. The summed E-state index contributed by atoms with van der Waals surface area (Å²) in [6.45, 7) is 2.40. The number of aliphatic hydroxyl groups is 1. The topological polar surface area (TPSA) is 57.6 Å². The minimum absolute atomic E-state index is 0.0425. The number of amides is 1. The van der Waals surface area contributed by atoms with Crippen LogP contribution in [0, 0.1) is 5.82 Å². The molecule has 26 heavy (non-hydrogen) atoms. The quantitative estimate of drug-likeness (QED) is 0.567. The summed E-state index contributed by atoms with van der Waals surface area (Å²) in [6.07, 6.45) is 2.59. The monoisotopic (exact) mass is 373 g/mol. The highest BCUT2D eigenvalue weighted by Gasteiger charge is 2.44. The zero-order valence-electron chi connectivity index (χ0n) is 14.4. The predicted octanol–water partition coefficient (Wildman–Crippen LogP) is 4.66. The molecule has 3 rings (SSSR count). The van der Waals surface area contributed by atoms with Crippen LogP contribution in [0.5, 0.6) is 0 Å². The van der Waals surface area contributed by atoms with E-state index in [2.05, 4.69) is 0 Å². The first-order chi connectivity index (χ1) is 12.6. The van der Waals surface area contributed by atoms with Gasteiger partial charge in [0, 0.05) is 12.1 Å². The smallest absolute Gasteiger partial charge is 0.290 e. The molecule has 0 bridgehead atoms. The zero-order chi connectivity index (χ0) is 18.7. The van der Waals surface area contributed by atoms with Crippen LogP contribution in [0.25, 0.3) is 0 Å². The van der Waals surface area contributed by atoms with E-state index in [1.807, 2.05) is 6.92 Å². The van der Waals surface area contributed by atoms with E-state index < -0.39 is 29.3 Å². The highest BCUT2D eigenvalue weighted by Crippen LogP contribution is 2.40. The van der Waals surface area contributed by atoms with Gasteiger partial charge in [-0.25, -0.2) is 4.39 Å². The Bertz CT molecular complexity index is 845. The lowest BCUT2D eigenvalue weighted by atomic mass is 9.95. The van der Waals surface area contributed by atoms with Crippen LogP contribution in [0.4, 0.5) is 4.39 Å². The number of carbonyl (C=O) groups excluding carboxylic acids is 2. The van der Waals surface area contributed by atoms with Gasteiger partial charge in [-0.05, 0) is 23.9 Å². The average molecular weight is 373 g/mol. The molecule has 2 heterocycles. The molecule has 0 saturated heterocycles. The van der Waals surface area contributed by atoms with Gasteiger partial charge in [0.2, 0.25) is 5.78 Å². The maximum atomic E-state index is 14.5. The Kier molecular flexibility index (Phi) is 5.52. The molecule has 1 unspecified atom stereocenters. The first kappa shape index (κ1) is 18.3. The fourth-order valence-electron chi connectivity index (χ4n) is 3.21. The molecule has 136 valence electrons. The highest BCUT2D eigenvalue weighted by molar-refractivity contribution is 7.12. The number of halogens is 1. The summed E-state index contributed by atoms with van der Waals surface area (Å²) in [5, 5.41) is 12.2. The minimum Gasteiger partial charge on any atom is -0.503 e. The maximum Gasteiger partial charge on any atom is 0.290 e. The normalized spacial score (nSPS) is 17.2. The Hall–Kier alpha value is -2.47. The van der Waals surface area contributed by atoms with Crippen molar-refractivity contribution in [3.05, 3.63) is 69.4 Å². The lowest BCUT2D eigenvalue weighted by Crippen LogP contribution is -2.32. The number of ketones is 1. The molecule has 2 aromatic rings. The number of unbranched alkanes of at least 4 members (excludes halogenated alkanes) is 2. The standard InChI is InChI=1S/C20H20FNO3S/c1-2-3-6-11-22-17(13-8-4-5-9-14(13)21)16(19(24)20(22)25)18(23)15-10-7-12-26-15/h4-5,7-10,12,17,24H,2-3,6,11H2,1H3. The van der Waals surface area contributed by atoms with Gasteiger partial charge in [0.15, 0.2) is 5.76 Å². The summed E-state index contributed by atoms with van der Waals surface area (Å²) in [7, 11) is 0. The maximum absolute atomic E-state index is 14.5. The fourth-order valence-corrected chi connectivity index (χ4v) is 3.89. The Morgan fingerprint density at radius 2 is 2.00 bits per heavy atom. The second kappa shape index (κ2) is 7.83. The van der Waals surface area contributed by atoms with Crippen molar-refractivity contribution in [1.82, 2.24) is 4.90 Å². The number of hydrogen-bond donors (Lipinski definition) is 1.